The average molecular weight is 494 g/mol. The molecule has 2 heterocycles. The number of rotatable bonds is 7. The van der Waals surface area contributed by atoms with Gasteiger partial charge in [0.1, 0.15) is 11.8 Å². The summed E-state index contributed by atoms with van der Waals surface area (Å²) in [7, 11) is -7.57. The number of anilines is 1. The van der Waals surface area contributed by atoms with Gasteiger partial charge in [-0.15, -0.1) is 0 Å². The Hall–Kier alpha value is -2.82. The number of halogens is 1. The van der Waals surface area contributed by atoms with Gasteiger partial charge < -0.3 is 4.42 Å². The maximum Gasteiger partial charge on any atom is 0.279 e. The first-order valence-corrected chi connectivity index (χ1v) is 13.2. The Kier molecular flexibility index (Phi) is 6.02. The molecule has 1 N–H and O–H groups in total. The number of hydrogen-bond acceptors (Lipinski definition) is 6. The molecule has 0 saturated carbocycles. The van der Waals surface area contributed by atoms with Crippen LogP contribution in [0.25, 0.3) is 0 Å². The Morgan fingerprint density at radius 3 is 2.44 bits per heavy atom. The molecule has 0 radical (unpaired) electrons. The van der Waals surface area contributed by atoms with Crippen LogP contribution in [0.3, 0.4) is 0 Å². The van der Waals surface area contributed by atoms with E-state index in [9.17, 15) is 16.8 Å². The molecule has 1 aliphatic rings. The van der Waals surface area contributed by atoms with Crippen molar-refractivity contribution in [1.29, 1.82) is 0 Å². The molecule has 0 aliphatic carbocycles. The van der Waals surface area contributed by atoms with Crippen molar-refractivity contribution in [3.05, 3.63) is 83.3 Å². The van der Waals surface area contributed by atoms with Gasteiger partial charge in [-0.05, 0) is 49.4 Å². The Labute approximate surface area is 191 Å². The van der Waals surface area contributed by atoms with Gasteiger partial charge in [0.05, 0.1) is 28.3 Å². The van der Waals surface area contributed by atoms with Gasteiger partial charge in [0, 0.05) is 17.0 Å². The first kappa shape index (κ1) is 22.4. The standard InChI is InChI=1S/C21H20ClN3O5S2/c1-2-31(26,27)24-18-7-4-3-6-17(18)19-14-20(21-8-5-13-30-21)25(23-19)32(28,29)16-11-9-15(22)10-12-16/h3-13,20,24H,2,14H2,1H3/t20-/m1/s1. The average Bonchev–Trinajstić information content (AvgIpc) is 3.44. The van der Waals surface area contributed by atoms with Crippen LogP contribution in [0.5, 0.6) is 0 Å². The highest BCUT2D eigenvalue weighted by molar-refractivity contribution is 7.92. The van der Waals surface area contributed by atoms with E-state index in [1.165, 1.54) is 37.5 Å². The minimum Gasteiger partial charge on any atom is -0.467 e. The van der Waals surface area contributed by atoms with Gasteiger partial charge in [0.2, 0.25) is 10.0 Å². The van der Waals surface area contributed by atoms with Crippen LogP contribution in [0.2, 0.25) is 5.02 Å². The van der Waals surface area contributed by atoms with Gasteiger partial charge in [0.25, 0.3) is 10.0 Å². The van der Waals surface area contributed by atoms with Crippen molar-refractivity contribution < 1.29 is 21.3 Å². The van der Waals surface area contributed by atoms with Gasteiger partial charge >= 0.3 is 0 Å². The summed E-state index contributed by atoms with van der Waals surface area (Å²) in [6, 6.07) is 15.2. The summed E-state index contributed by atoms with van der Waals surface area (Å²) in [5.74, 6) is 0.327. The molecule has 0 spiro atoms. The fourth-order valence-corrected chi connectivity index (χ4v) is 5.54. The Morgan fingerprint density at radius 2 is 1.78 bits per heavy atom. The van der Waals surface area contributed by atoms with Crippen LogP contribution in [0, 0.1) is 0 Å². The van der Waals surface area contributed by atoms with Crippen LogP contribution >= 0.6 is 11.6 Å². The topological polar surface area (TPSA) is 109 Å². The lowest BCUT2D eigenvalue weighted by Gasteiger charge is -2.21. The van der Waals surface area contributed by atoms with E-state index >= 15 is 0 Å². The van der Waals surface area contributed by atoms with E-state index in [0.29, 0.717) is 27.7 Å². The van der Waals surface area contributed by atoms with E-state index in [-0.39, 0.29) is 17.1 Å². The van der Waals surface area contributed by atoms with Crippen molar-refractivity contribution >= 4 is 43.0 Å². The lowest BCUT2D eigenvalue weighted by atomic mass is 10.0. The summed E-state index contributed by atoms with van der Waals surface area (Å²) in [5, 5.41) is 4.83. The molecule has 0 saturated heterocycles. The van der Waals surface area contributed by atoms with Gasteiger partial charge in [-0.1, -0.05) is 29.8 Å². The number of sulfonamides is 2. The molecule has 1 atom stereocenters. The summed E-state index contributed by atoms with van der Waals surface area (Å²) >= 11 is 5.91. The zero-order valence-corrected chi connectivity index (χ0v) is 19.4. The van der Waals surface area contributed by atoms with Crippen molar-refractivity contribution in [3.63, 3.8) is 0 Å². The van der Waals surface area contributed by atoms with E-state index in [4.69, 9.17) is 16.0 Å². The number of para-hydroxylation sites is 1. The number of furan rings is 1. The van der Waals surface area contributed by atoms with E-state index in [1.54, 1.807) is 36.4 Å². The Morgan fingerprint density at radius 1 is 1.06 bits per heavy atom. The third-order valence-corrected chi connectivity index (χ3v) is 8.22. The molecule has 11 heteroatoms. The number of nitrogens with zero attached hydrogens (tertiary/aromatic N) is 2. The molecule has 0 fully saturated rings. The predicted molar refractivity (Wildman–Crippen MR) is 123 cm³/mol. The van der Waals surface area contributed by atoms with Crippen molar-refractivity contribution in [1.82, 2.24) is 4.41 Å². The van der Waals surface area contributed by atoms with Gasteiger partial charge in [0.15, 0.2) is 0 Å². The predicted octanol–water partition coefficient (Wildman–Crippen LogP) is 4.23. The van der Waals surface area contributed by atoms with Gasteiger partial charge in [-0.2, -0.15) is 17.9 Å². The highest BCUT2D eigenvalue weighted by Crippen LogP contribution is 2.38. The van der Waals surface area contributed by atoms with E-state index in [1.807, 2.05) is 0 Å². The zero-order chi connectivity index (χ0) is 22.9. The summed E-state index contributed by atoms with van der Waals surface area (Å²) in [6.07, 6.45) is 1.66. The maximum absolute atomic E-state index is 13.4. The Balaban J connectivity index is 1.80. The number of nitrogens with one attached hydrogen (secondary N) is 1. The first-order valence-electron chi connectivity index (χ1n) is 9.72. The summed E-state index contributed by atoms with van der Waals surface area (Å²) in [4.78, 5) is 0.0310. The van der Waals surface area contributed by atoms with Gasteiger partial charge in [-0.25, -0.2) is 8.42 Å². The molecule has 2 aromatic carbocycles. The maximum atomic E-state index is 13.4. The van der Waals surface area contributed by atoms with E-state index < -0.39 is 26.1 Å². The largest absolute Gasteiger partial charge is 0.467 e. The molecule has 8 nitrogen and oxygen atoms in total. The number of hydrogen-bond donors (Lipinski definition) is 1. The lowest BCUT2D eigenvalue weighted by Crippen LogP contribution is -2.27. The van der Waals surface area contributed by atoms with Crippen molar-refractivity contribution in [2.75, 3.05) is 10.5 Å². The van der Waals surface area contributed by atoms with Crippen molar-refractivity contribution in [2.45, 2.75) is 24.3 Å². The highest BCUT2D eigenvalue weighted by Gasteiger charge is 2.39. The molecule has 1 aliphatic heterocycles. The van der Waals surface area contributed by atoms with Gasteiger partial charge in [-0.3, -0.25) is 4.72 Å². The molecule has 32 heavy (non-hydrogen) atoms. The molecule has 4 rings (SSSR count). The fraction of sp³-hybridized carbons (Fsp3) is 0.190. The minimum atomic E-state index is -4.04. The summed E-state index contributed by atoms with van der Waals surface area (Å²) in [6.45, 7) is 1.53. The SMILES string of the molecule is CCS(=O)(=O)Nc1ccccc1C1=NN(S(=O)(=O)c2ccc(Cl)cc2)[C@@H](c2ccco2)C1. The zero-order valence-electron chi connectivity index (χ0n) is 17.0. The normalized spacial score (nSPS) is 16.8. The van der Waals surface area contributed by atoms with E-state index in [2.05, 4.69) is 9.82 Å². The summed E-state index contributed by atoms with van der Waals surface area (Å²) in [5.41, 5.74) is 1.24. The van der Waals surface area contributed by atoms with Crippen LogP contribution < -0.4 is 4.72 Å². The first-order chi connectivity index (χ1) is 15.2. The number of benzene rings is 2. The fourth-order valence-electron chi connectivity index (χ4n) is 3.34. The smallest absolute Gasteiger partial charge is 0.279 e. The minimum absolute atomic E-state index is 0.0310. The molecular formula is C21H20ClN3O5S2. The monoisotopic (exact) mass is 493 g/mol. The van der Waals surface area contributed by atoms with Crippen LogP contribution in [-0.4, -0.2) is 32.7 Å². The van der Waals surface area contributed by atoms with Crippen LogP contribution in [-0.2, 0) is 20.0 Å². The van der Waals surface area contributed by atoms with Crippen LogP contribution in [0.1, 0.15) is 30.7 Å². The second kappa shape index (κ2) is 8.61. The summed E-state index contributed by atoms with van der Waals surface area (Å²) < 4.78 is 60.1. The lowest BCUT2D eigenvalue weighted by molar-refractivity contribution is 0.320. The second-order valence-electron chi connectivity index (χ2n) is 7.06. The van der Waals surface area contributed by atoms with E-state index in [0.717, 1.165) is 4.41 Å². The number of hydrazone groups is 1. The molecule has 0 unspecified atom stereocenters. The molecule has 168 valence electrons. The van der Waals surface area contributed by atoms with Crippen molar-refractivity contribution in [3.8, 4) is 0 Å². The molecule has 1 aromatic heterocycles. The highest BCUT2D eigenvalue weighted by atomic mass is 35.5. The second-order valence-corrected chi connectivity index (χ2v) is 11.3. The third-order valence-electron chi connectivity index (χ3n) is 4.99. The van der Waals surface area contributed by atoms with Crippen LogP contribution in [0.15, 0.2) is 81.3 Å². The third kappa shape index (κ3) is 4.38. The quantitative estimate of drug-likeness (QED) is 0.529. The van der Waals surface area contributed by atoms with Crippen LogP contribution in [0.4, 0.5) is 5.69 Å². The molecule has 0 amide bonds. The molecule has 0 bridgehead atoms. The molecule has 3 aromatic rings. The Bertz CT molecular complexity index is 1350. The molecular weight excluding hydrogens is 474 g/mol. The van der Waals surface area contributed by atoms with Crippen molar-refractivity contribution in [2.24, 2.45) is 5.10 Å².